The number of anilines is 1. The average molecular weight is 476 g/mol. The molecule has 0 bridgehead atoms. The lowest BCUT2D eigenvalue weighted by molar-refractivity contribution is -0.144. The molecule has 178 valence electrons. The molecule has 0 saturated carbocycles. The molecule has 1 aromatic carbocycles. The molecule has 12 heteroatoms. The lowest BCUT2D eigenvalue weighted by Crippen LogP contribution is -2.33. The Balaban J connectivity index is 1.57. The summed E-state index contributed by atoms with van der Waals surface area (Å²) in [4.78, 5) is 24.6. The van der Waals surface area contributed by atoms with Gasteiger partial charge in [-0.25, -0.2) is 4.98 Å². The van der Waals surface area contributed by atoms with Gasteiger partial charge in [0.1, 0.15) is 20.7 Å². The van der Waals surface area contributed by atoms with Gasteiger partial charge in [0.05, 0.1) is 33.3 Å². The van der Waals surface area contributed by atoms with Gasteiger partial charge in [0.25, 0.3) is 0 Å². The van der Waals surface area contributed by atoms with E-state index in [2.05, 4.69) is 20.0 Å². The van der Waals surface area contributed by atoms with Crippen LogP contribution in [0.15, 0.2) is 36.7 Å². The molecule has 0 aliphatic rings. The predicted octanol–water partition coefficient (Wildman–Crippen LogP) is 2.46. The highest BCUT2D eigenvalue weighted by Gasteiger charge is 2.20. The van der Waals surface area contributed by atoms with Crippen LogP contribution in [0.4, 0.5) is 5.95 Å². The highest BCUT2D eigenvalue weighted by Crippen LogP contribution is 2.34. The molecule has 0 saturated heterocycles. The fourth-order valence-corrected chi connectivity index (χ4v) is 4.29. The van der Waals surface area contributed by atoms with Crippen LogP contribution in [0.1, 0.15) is 19.4 Å². The lowest BCUT2D eigenvalue weighted by atomic mass is 10.2. The number of aromatic nitrogens is 4. The van der Waals surface area contributed by atoms with Crippen molar-refractivity contribution in [2.75, 3.05) is 32.4 Å². The van der Waals surface area contributed by atoms with Gasteiger partial charge in [0, 0.05) is 6.54 Å². The number of carbonyl (C=O) groups excluding carboxylic acids is 1. The van der Waals surface area contributed by atoms with Gasteiger partial charge in [-0.15, -0.1) is 0 Å². The third-order valence-corrected chi connectivity index (χ3v) is 6.07. The zero-order valence-corrected chi connectivity index (χ0v) is 19.8. The molecule has 2 atom stereocenters. The number of rotatable bonds is 13. The maximum absolute atomic E-state index is 12.0. The number of nitrogens with zero attached hydrogens (tertiary/aromatic N) is 4. The van der Waals surface area contributed by atoms with Crippen molar-refractivity contribution in [3.8, 4) is 5.88 Å². The van der Waals surface area contributed by atoms with Crippen molar-refractivity contribution >= 4 is 31.4 Å². The Hall–Kier alpha value is -2.85. The van der Waals surface area contributed by atoms with Gasteiger partial charge < -0.3 is 29.0 Å². The van der Waals surface area contributed by atoms with E-state index in [1.165, 1.54) is 7.11 Å². The highest BCUT2D eigenvalue weighted by atomic mass is 31.2. The summed E-state index contributed by atoms with van der Waals surface area (Å²) in [6, 6.07) is 9.30. The van der Waals surface area contributed by atoms with Crippen molar-refractivity contribution in [1.29, 1.82) is 0 Å². The summed E-state index contributed by atoms with van der Waals surface area (Å²) in [6.45, 7) is 5.11. The third kappa shape index (κ3) is 7.06. The molecule has 0 fully saturated rings. The van der Waals surface area contributed by atoms with E-state index in [1.807, 2.05) is 34.9 Å². The topological polar surface area (TPSA) is 136 Å². The minimum absolute atomic E-state index is 0.108. The minimum Gasteiger partial charge on any atom is -0.479 e. The predicted molar refractivity (Wildman–Crippen MR) is 124 cm³/mol. The number of nitrogens with two attached hydrogens (primary N) is 1. The van der Waals surface area contributed by atoms with Crippen LogP contribution in [0.2, 0.25) is 0 Å². The van der Waals surface area contributed by atoms with E-state index in [-0.39, 0.29) is 11.9 Å². The highest BCUT2D eigenvalue weighted by molar-refractivity contribution is 7.50. The molecule has 3 rings (SSSR count). The molecular weight excluding hydrogens is 447 g/mol. The largest absolute Gasteiger partial charge is 0.479 e. The normalized spacial score (nSPS) is 13.1. The Morgan fingerprint density at radius 2 is 2.06 bits per heavy atom. The van der Waals surface area contributed by atoms with Gasteiger partial charge in [-0.3, -0.25) is 9.88 Å². The molecule has 2 aromatic heterocycles. The molecule has 0 radical (unpaired) electrons. The fourth-order valence-electron chi connectivity index (χ4n) is 2.93. The van der Waals surface area contributed by atoms with Crippen molar-refractivity contribution in [2.24, 2.45) is 0 Å². The number of methoxy groups -OCH3 is 1. The quantitative estimate of drug-likeness (QED) is 0.215. The van der Waals surface area contributed by atoms with E-state index in [0.717, 1.165) is 5.56 Å². The van der Waals surface area contributed by atoms with Crippen LogP contribution in [0, 0.1) is 0 Å². The Kier molecular flexibility index (Phi) is 9.32. The van der Waals surface area contributed by atoms with E-state index >= 15 is 0 Å². The number of carbonyl (C=O) groups is 1. The smallest absolute Gasteiger partial charge is 0.323 e. The summed E-state index contributed by atoms with van der Waals surface area (Å²) < 4.78 is 24.0. The Bertz CT molecular complexity index is 1030. The third-order valence-electron chi connectivity index (χ3n) is 4.54. The average Bonchev–Trinajstić information content (AvgIpc) is 3.22. The number of nitrogens with one attached hydrogen (secondary N) is 1. The summed E-state index contributed by atoms with van der Waals surface area (Å²) in [7, 11) is 0.258. The second-order valence-corrected chi connectivity index (χ2v) is 8.51. The van der Waals surface area contributed by atoms with Gasteiger partial charge in [-0.2, -0.15) is 9.97 Å². The second-order valence-electron chi connectivity index (χ2n) is 6.98. The van der Waals surface area contributed by atoms with Crippen LogP contribution in [0.25, 0.3) is 11.2 Å². The van der Waals surface area contributed by atoms with Crippen molar-refractivity contribution < 1.29 is 23.5 Å². The molecular formula is C21H29N6O5P. The SMILES string of the molecule is CCOC(=O)C(C)N[P@](COCCn1cnc2c(OC)nc(N)nc21)OCc1ccccc1. The summed E-state index contributed by atoms with van der Waals surface area (Å²) in [5.74, 6) is 0.105. The molecule has 33 heavy (non-hydrogen) atoms. The maximum Gasteiger partial charge on any atom is 0.323 e. The van der Waals surface area contributed by atoms with Crippen molar-refractivity contribution in [2.45, 2.75) is 33.0 Å². The van der Waals surface area contributed by atoms with Crippen molar-refractivity contribution in [3.05, 3.63) is 42.2 Å². The number of esters is 1. The van der Waals surface area contributed by atoms with Crippen LogP contribution in [-0.2, 0) is 31.9 Å². The molecule has 1 unspecified atom stereocenters. The van der Waals surface area contributed by atoms with Gasteiger partial charge in [0.2, 0.25) is 11.8 Å². The van der Waals surface area contributed by atoms with E-state index in [0.29, 0.717) is 49.8 Å². The minimum atomic E-state index is -1.25. The standard InChI is InChI=1S/C21H29N6O5P/c1-4-31-20(28)15(2)26-33(32-12-16-8-6-5-7-9-16)14-30-11-10-27-13-23-17-18(27)24-21(22)25-19(17)29-3/h5-9,13,15,26H,4,10-12,14H2,1-3H3,(H2,22,24,25)/t15?,33-/m0/s1. The van der Waals surface area contributed by atoms with Crippen LogP contribution < -0.4 is 15.6 Å². The molecule has 3 aromatic rings. The monoisotopic (exact) mass is 476 g/mol. The number of hydrogen-bond acceptors (Lipinski definition) is 10. The van der Waals surface area contributed by atoms with Gasteiger partial charge in [-0.05, 0) is 19.4 Å². The van der Waals surface area contributed by atoms with Crippen molar-refractivity contribution in [3.63, 3.8) is 0 Å². The molecule has 2 heterocycles. The Morgan fingerprint density at radius 1 is 1.27 bits per heavy atom. The maximum atomic E-state index is 12.0. The molecule has 0 aliphatic carbocycles. The van der Waals surface area contributed by atoms with Gasteiger partial charge >= 0.3 is 5.97 Å². The van der Waals surface area contributed by atoms with Crippen LogP contribution in [-0.4, -0.2) is 58.2 Å². The van der Waals surface area contributed by atoms with Crippen LogP contribution in [0.3, 0.4) is 0 Å². The van der Waals surface area contributed by atoms with Crippen LogP contribution in [0.5, 0.6) is 5.88 Å². The van der Waals surface area contributed by atoms with Crippen LogP contribution >= 0.6 is 8.30 Å². The van der Waals surface area contributed by atoms with Crippen molar-refractivity contribution in [1.82, 2.24) is 24.6 Å². The second kappa shape index (κ2) is 12.4. The molecule has 0 aliphatic heterocycles. The number of nitrogen functional groups attached to an aromatic ring is 1. The first-order valence-electron chi connectivity index (χ1n) is 10.5. The fraction of sp³-hybridized carbons (Fsp3) is 0.429. The first-order chi connectivity index (χ1) is 16.0. The van der Waals surface area contributed by atoms with E-state index in [4.69, 9.17) is 24.5 Å². The summed E-state index contributed by atoms with van der Waals surface area (Å²) >= 11 is 0. The number of fused-ring (bicyclic) bond motifs is 1. The van der Waals surface area contributed by atoms with Gasteiger partial charge in [0.15, 0.2) is 11.2 Å². The zero-order valence-electron chi connectivity index (χ0n) is 18.9. The first-order valence-corrected chi connectivity index (χ1v) is 11.9. The number of benzene rings is 1. The molecule has 3 N–H and O–H groups in total. The first kappa shape index (κ1) is 24.8. The van der Waals surface area contributed by atoms with E-state index in [9.17, 15) is 4.79 Å². The van der Waals surface area contributed by atoms with E-state index in [1.54, 1.807) is 20.2 Å². The number of ether oxygens (including phenoxy) is 3. The zero-order chi connectivity index (χ0) is 23.6. The number of hydrogen-bond donors (Lipinski definition) is 2. The van der Waals surface area contributed by atoms with Gasteiger partial charge in [-0.1, -0.05) is 30.3 Å². The van der Waals surface area contributed by atoms with E-state index < -0.39 is 14.3 Å². The number of imidazole rings is 1. The lowest BCUT2D eigenvalue weighted by Gasteiger charge is -2.22. The summed E-state index contributed by atoms with van der Waals surface area (Å²) in [5, 5.41) is 3.19. The summed E-state index contributed by atoms with van der Waals surface area (Å²) in [5.41, 5.74) is 7.90. The molecule has 11 nitrogen and oxygen atoms in total. The summed E-state index contributed by atoms with van der Waals surface area (Å²) in [6.07, 6.45) is 1.93. The molecule has 0 spiro atoms. The Labute approximate surface area is 193 Å². The molecule has 0 amide bonds. The Morgan fingerprint density at radius 3 is 2.79 bits per heavy atom.